The Labute approximate surface area is 164 Å². The van der Waals surface area contributed by atoms with Crippen LogP contribution in [0.4, 0.5) is 11.4 Å². The first-order valence-corrected chi connectivity index (χ1v) is 9.86. The Morgan fingerprint density at radius 2 is 1.89 bits per heavy atom. The van der Waals surface area contributed by atoms with Gasteiger partial charge in [-0.15, -0.1) is 0 Å². The second-order valence-electron chi connectivity index (χ2n) is 7.53. The first-order valence-electron chi connectivity index (χ1n) is 9.86. The molecule has 0 aliphatic carbocycles. The number of benzene rings is 2. The molecule has 144 valence electrons. The lowest BCUT2D eigenvalue weighted by Gasteiger charge is -2.29. The number of pyridine rings is 1. The van der Waals surface area contributed by atoms with Gasteiger partial charge < -0.3 is 15.2 Å². The quantitative estimate of drug-likeness (QED) is 0.724. The Bertz CT molecular complexity index is 1060. The van der Waals surface area contributed by atoms with Gasteiger partial charge in [0.05, 0.1) is 6.42 Å². The number of nitrogens with one attached hydrogen (secondary N) is 2. The number of hydrogen-bond acceptors (Lipinski definition) is 3. The fraction of sp³-hybridized carbons (Fsp3) is 0.304. The molecule has 5 nitrogen and oxygen atoms in total. The molecule has 1 saturated heterocycles. The molecule has 0 saturated carbocycles. The van der Waals surface area contributed by atoms with E-state index in [-0.39, 0.29) is 11.5 Å². The van der Waals surface area contributed by atoms with Gasteiger partial charge in [-0.2, -0.15) is 0 Å². The van der Waals surface area contributed by atoms with Crippen LogP contribution in [0.3, 0.4) is 0 Å². The van der Waals surface area contributed by atoms with E-state index in [0.29, 0.717) is 12.0 Å². The third kappa shape index (κ3) is 4.09. The zero-order valence-electron chi connectivity index (χ0n) is 16.1. The molecule has 0 spiro atoms. The zero-order chi connectivity index (χ0) is 19.5. The maximum absolute atomic E-state index is 12.5. The summed E-state index contributed by atoms with van der Waals surface area (Å²) < 4.78 is 0. The van der Waals surface area contributed by atoms with Gasteiger partial charge in [-0.25, -0.2) is 0 Å². The largest absolute Gasteiger partial charge is 0.371 e. The van der Waals surface area contributed by atoms with Crippen LogP contribution in [-0.2, 0) is 11.2 Å². The molecule has 2 N–H and O–H groups in total. The minimum absolute atomic E-state index is 0.0451. The number of aromatic nitrogens is 1. The minimum atomic E-state index is -0.0772. The molecule has 1 amide bonds. The van der Waals surface area contributed by atoms with Crippen molar-refractivity contribution in [2.45, 2.75) is 32.6 Å². The fourth-order valence-corrected chi connectivity index (χ4v) is 3.80. The van der Waals surface area contributed by atoms with Crippen molar-refractivity contribution >= 4 is 28.2 Å². The van der Waals surface area contributed by atoms with Crippen LogP contribution in [0.1, 0.15) is 30.4 Å². The van der Waals surface area contributed by atoms with Crippen molar-refractivity contribution in [3.05, 3.63) is 70.0 Å². The highest BCUT2D eigenvalue weighted by Gasteiger charge is 2.12. The van der Waals surface area contributed by atoms with Crippen molar-refractivity contribution in [3.63, 3.8) is 0 Å². The number of anilines is 2. The lowest BCUT2D eigenvalue weighted by atomic mass is 10.1. The van der Waals surface area contributed by atoms with Crippen LogP contribution >= 0.6 is 0 Å². The summed E-state index contributed by atoms with van der Waals surface area (Å²) in [6, 6.07) is 15.6. The average Bonchev–Trinajstić information content (AvgIpc) is 2.70. The van der Waals surface area contributed by atoms with Gasteiger partial charge >= 0.3 is 0 Å². The Hall–Kier alpha value is -3.08. The summed E-state index contributed by atoms with van der Waals surface area (Å²) in [6.45, 7) is 3.94. The lowest BCUT2D eigenvalue weighted by molar-refractivity contribution is -0.115. The van der Waals surface area contributed by atoms with E-state index in [1.807, 2.05) is 36.4 Å². The number of rotatable bonds is 4. The molecule has 1 fully saturated rings. The van der Waals surface area contributed by atoms with Crippen LogP contribution in [-0.4, -0.2) is 24.0 Å². The van der Waals surface area contributed by atoms with E-state index in [1.54, 1.807) is 6.92 Å². The van der Waals surface area contributed by atoms with Crippen LogP contribution in [0, 0.1) is 6.92 Å². The number of aromatic amines is 1. The maximum atomic E-state index is 12.5. The summed E-state index contributed by atoms with van der Waals surface area (Å²) in [7, 11) is 0. The Kier molecular flexibility index (Phi) is 5.15. The molecule has 1 aromatic heterocycles. The molecule has 1 aliphatic heterocycles. The van der Waals surface area contributed by atoms with Gasteiger partial charge in [-0.05, 0) is 73.5 Å². The first kappa shape index (κ1) is 18.3. The monoisotopic (exact) mass is 375 g/mol. The van der Waals surface area contributed by atoms with Crippen LogP contribution < -0.4 is 15.8 Å². The SMILES string of the molecule is Cc1cc2cc(CC(=O)Nc3cccc(N4CCCCC4)c3)ccc2[nH]c1=O. The second kappa shape index (κ2) is 7.89. The van der Waals surface area contributed by atoms with E-state index in [1.165, 1.54) is 24.9 Å². The number of hydrogen-bond donors (Lipinski definition) is 2. The number of aryl methyl sites for hydroxylation is 1. The van der Waals surface area contributed by atoms with Crippen LogP contribution in [0.5, 0.6) is 0 Å². The van der Waals surface area contributed by atoms with Crippen molar-refractivity contribution in [1.82, 2.24) is 4.98 Å². The number of fused-ring (bicyclic) bond motifs is 1. The van der Waals surface area contributed by atoms with Gasteiger partial charge in [-0.3, -0.25) is 9.59 Å². The topological polar surface area (TPSA) is 65.2 Å². The number of piperidine rings is 1. The van der Waals surface area contributed by atoms with Crippen molar-refractivity contribution in [1.29, 1.82) is 0 Å². The smallest absolute Gasteiger partial charge is 0.251 e. The van der Waals surface area contributed by atoms with Gasteiger partial charge in [-0.1, -0.05) is 12.1 Å². The predicted octanol–water partition coefficient (Wildman–Crippen LogP) is 4.01. The average molecular weight is 375 g/mol. The van der Waals surface area contributed by atoms with Crippen molar-refractivity contribution in [3.8, 4) is 0 Å². The van der Waals surface area contributed by atoms with Crippen LogP contribution in [0.25, 0.3) is 10.9 Å². The Morgan fingerprint density at radius 1 is 1.07 bits per heavy atom. The van der Waals surface area contributed by atoms with Gasteiger partial charge in [0.25, 0.3) is 5.56 Å². The van der Waals surface area contributed by atoms with E-state index < -0.39 is 0 Å². The molecule has 3 aromatic rings. The summed E-state index contributed by atoms with van der Waals surface area (Å²) >= 11 is 0. The number of carbonyl (C=O) groups excluding carboxylic acids is 1. The van der Waals surface area contributed by atoms with Crippen LogP contribution in [0.15, 0.2) is 53.3 Å². The molecular weight excluding hydrogens is 350 g/mol. The van der Waals surface area contributed by atoms with Gasteiger partial charge in [0.2, 0.25) is 5.91 Å². The van der Waals surface area contributed by atoms with Gasteiger partial charge in [0.1, 0.15) is 0 Å². The first-order chi connectivity index (χ1) is 13.6. The molecule has 0 bridgehead atoms. The molecule has 2 aromatic carbocycles. The third-order valence-electron chi connectivity index (χ3n) is 5.31. The summed E-state index contributed by atoms with van der Waals surface area (Å²) in [6.07, 6.45) is 4.04. The highest BCUT2D eigenvalue weighted by atomic mass is 16.1. The highest BCUT2D eigenvalue weighted by Crippen LogP contribution is 2.23. The molecule has 5 heteroatoms. The standard InChI is InChI=1S/C23H25N3O2/c1-16-12-18-13-17(8-9-21(18)25-23(16)28)14-22(27)24-19-6-5-7-20(15-19)26-10-3-2-4-11-26/h5-9,12-13,15H,2-4,10-11,14H2,1H3,(H,24,27)(H,25,28). The molecule has 2 heterocycles. The van der Waals surface area contributed by atoms with Crippen molar-refractivity contribution < 1.29 is 4.79 Å². The fourth-order valence-electron chi connectivity index (χ4n) is 3.80. The number of amides is 1. The minimum Gasteiger partial charge on any atom is -0.371 e. The van der Waals surface area contributed by atoms with Gasteiger partial charge in [0, 0.05) is 35.5 Å². The number of H-pyrrole nitrogens is 1. The lowest BCUT2D eigenvalue weighted by Crippen LogP contribution is -2.29. The third-order valence-corrected chi connectivity index (χ3v) is 5.31. The molecule has 4 rings (SSSR count). The number of nitrogens with zero attached hydrogens (tertiary/aromatic N) is 1. The molecule has 1 aliphatic rings. The summed E-state index contributed by atoms with van der Waals surface area (Å²) in [5.41, 5.74) is 4.30. The Balaban J connectivity index is 1.46. The highest BCUT2D eigenvalue weighted by molar-refractivity contribution is 5.93. The van der Waals surface area contributed by atoms with E-state index in [9.17, 15) is 9.59 Å². The number of carbonyl (C=O) groups is 1. The van der Waals surface area contributed by atoms with Crippen molar-refractivity contribution in [2.75, 3.05) is 23.3 Å². The van der Waals surface area contributed by atoms with Gasteiger partial charge in [0.15, 0.2) is 0 Å². The normalized spacial score (nSPS) is 14.2. The second-order valence-corrected chi connectivity index (χ2v) is 7.53. The zero-order valence-corrected chi connectivity index (χ0v) is 16.1. The Morgan fingerprint density at radius 3 is 2.71 bits per heavy atom. The van der Waals surface area contributed by atoms with E-state index in [0.717, 1.165) is 35.2 Å². The molecule has 0 radical (unpaired) electrons. The van der Waals surface area contributed by atoms with E-state index >= 15 is 0 Å². The molecular formula is C23H25N3O2. The summed E-state index contributed by atoms with van der Waals surface area (Å²) in [5.74, 6) is -0.0451. The van der Waals surface area contributed by atoms with E-state index in [2.05, 4.69) is 27.3 Å². The van der Waals surface area contributed by atoms with Crippen LogP contribution in [0.2, 0.25) is 0 Å². The summed E-state index contributed by atoms with van der Waals surface area (Å²) in [4.78, 5) is 29.5. The molecule has 28 heavy (non-hydrogen) atoms. The maximum Gasteiger partial charge on any atom is 0.251 e. The molecule has 0 atom stereocenters. The predicted molar refractivity (Wildman–Crippen MR) is 114 cm³/mol. The van der Waals surface area contributed by atoms with E-state index in [4.69, 9.17) is 0 Å². The van der Waals surface area contributed by atoms with Crippen molar-refractivity contribution in [2.24, 2.45) is 0 Å². The molecule has 0 unspecified atom stereocenters. The summed E-state index contributed by atoms with van der Waals surface area (Å²) in [5, 5.41) is 3.95.